The summed E-state index contributed by atoms with van der Waals surface area (Å²) >= 11 is 5.95. The highest BCUT2D eigenvalue weighted by Crippen LogP contribution is 2.45. The highest BCUT2D eigenvalue weighted by Gasteiger charge is 2.33. The predicted molar refractivity (Wildman–Crippen MR) is 118 cm³/mol. The van der Waals surface area contributed by atoms with E-state index in [1.807, 2.05) is 11.8 Å². The number of nitriles is 1. The summed E-state index contributed by atoms with van der Waals surface area (Å²) in [5, 5.41) is 10.1. The van der Waals surface area contributed by atoms with Crippen LogP contribution in [0.4, 0.5) is 5.82 Å². The second-order valence-electron chi connectivity index (χ2n) is 8.03. The molecule has 1 unspecified atom stereocenters. The van der Waals surface area contributed by atoms with Crippen molar-refractivity contribution < 1.29 is 14.3 Å². The lowest BCUT2D eigenvalue weighted by atomic mass is 10.1. The summed E-state index contributed by atoms with van der Waals surface area (Å²) in [6.45, 7) is 4.21. The van der Waals surface area contributed by atoms with Crippen LogP contribution in [0.5, 0.6) is 11.6 Å². The molecule has 1 saturated carbocycles. The molecule has 1 saturated heterocycles. The van der Waals surface area contributed by atoms with Gasteiger partial charge in [0.1, 0.15) is 23.4 Å². The molecule has 2 aromatic heterocycles. The molecule has 0 spiro atoms. The van der Waals surface area contributed by atoms with Gasteiger partial charge in [-0.25, -0.2) is 15.0 Å². The zero-order chi connectivity index (χ0) is 22.7. The molecule has 1 aliphatic carbocycles. The molecular formula is C22H25ClN6O3. The third kappa shape index (κ3) is 4.92. The van der Waals surface area contributed by atoms with Gasteiger partial charge in [-0.2, -0.15) is 5.26 Å². The van der Waals surface area contributed by atoms with E-state index in [0.29, 0.717) is 61.6 Å². The lowest BCUT2D eigenvalue weighted by molar-refractivity contribution is -0.134. The van der Waals surface area contributed by atoms with Gasteiger partial charge in [-0.3, -0.25) is 4.79 Å². The number of carbonyl (C=O) groups is 1. The van der Waals surface area contributed by atoms with E-state index < -0.39 is 0 Å². The zero-order valence-electron chi connectivity index (χ0n) is 18.1. The van der Waals surface area contributed by atoms with Crippen LogP contribution < -0.4 is 9.64 Å². The Labute approximate surface area is 191 Å². The Balaban J connectivity index is 1.58. The molecule has 1 aliphatic heterocycles. The van der Waals surface area contributed by atoms with E-state index in [1.54, 1.807) is 13.2 Å². The van der Waals surface area contributed by atoms with Gasteiger partial charge in [0.05, 0.1) is 24.3 Å². The topological polar surface area (TPSA) is 104 Å². The smallest absolute Gasteiger partial charge is 0.225 e. The number of nitrogens with zero attached hydrogens (tertiary/aromatic N) is 6. The van der Waals surface area contributed by atoms with Crippen LogP contribution in [-0.4, -0.2) is 65.2 Å². The Morgan fingerprint density at radius 2 is 2.12 bits per heavy atom. The first kappa shape index (κ1) is 22.2. The molecule has 2 aromatic rings. The van der Waals surface area contributed by atoms with Gasteiger partial charge < -0.3 is 19.3 Å². The normalized spacial score (nSPS) is 18.4. The minimum absolute atomic E-state index is 0.00455. The Kier molecular flexibility index (Phi) is 6.72. The first-order valence-corrected chi connectivity index (χ1v) is 11.0. The Hall–Kier alpha value is -2.96. The van der Waals surface area contributed by atoms with Gasteiger partial charge in [0.15, 0.2) is 5.75 Å². The number of anilines is 1. The van der Waals surface area contributed by atoms with Gasteiger partial charge in [-0.05, 0) is 19.8 Å². The van der Waals surface area contributed by atoms with Crippen molar-refractivity contribution in [3.63, 3.8) is 0 Å². The largest absolute Gasteiger partial charge is 0.437 e. The zero-order valence-corrected chi connectivity index (χ0v) is 18.9. The first-order chi connectivity index (χ1) is 15.5. The van der Waals surface area contributed by atoms with Crippen LogP contribution in [0, 0.1) is 11.3 Å². The molecule has 1 atom stereocenters. The number of methoxy groups -OCH3 is 1. The second kappa shape index (κ2) is 9.67. The SMILES string of the molecule is COCCC(=O)N1CCN(c2nc(C3CC3)c(Oc3cc(Cl)ncn3)cc2C#N)CC1C. The molecule has 0 aromatic carbocycles. The van der Waals surface area contributed by atoms with E-state index in [2.05, 4.69) is 20.9 Å². The minimum Gasteiger partial charge on any atom is -0.437 e. The summed E-state index contributed by atoms with van der Waals surface area (Å²) in [5.74, 6) is 1.84. The number of carbonyl (C=O) groups excluding carboxylic acids is 1. The van der Waals surface area contributed by atoms with Gasteiger partial charge in [0, 0.05) is 50.8 Å². The molecule has 1 amide bonds. The standard InChI is InChI=1S/C22H25ClN6O3/c1-14-12-28(6-7-29(14)20(30)5-8-31-2)22-16(11-24)9-17(21(27-22)15-3-4-15)32-19-10-18(23)25-13-26-19/h9-10,13-15H,3-8,12H2,1-2H3. The average Bonchev–Trinajstić information content (AvgIpc) is 3.62. The third-order valence-corrected chi connectivity index (χ3v) is 5.88. The number of hydrogen-bond acceptors (Lipinski definition) is 8. The van der Waals surface area contributed by atoms with E-state index in [9.17, 15) is 10.1 Å². The number of pyridine rings is 1. The van der Waals surface area contributed by atoms with E-state index in [1.165, 1.54) is 12.4 Å². The quantitative estimate of drug-likeness (QED) is 0.585. The Morgan fingerprint density at radius 3 is 2.78 bits per heavy atom. The van der Waals surface area contributed by atoms with Gasteiger partial charge in [-0.15, -0.1) is 0 Å². The fraction of sp³-hybridized carbons (Fsp3) is 0.500. The molecule has 0 N–H and O–H groups in total. The number of piperazine rings is 1. The third-order valence-electron chi connectivity index (χ3n) is 5.67. The molecule has 32 heavy (non-hydrogen) atoms. The van der Waals surface area contributed by atoms with Gasteiger partial charge >= 0.3 is 0 Å². The molecule has 10 heteroatoms. The van der Waals surface area contributed by atoms with Crippen LogP contribution in [0.1, 0.15) is 43.4 Å². The molecule has 9 nitrogen and oxygen atoms in total. The lowest BCUT2D eigenvalue weighted by Gasteiger charge is -2.40. The van der Waals surface area contributed by atoms with Crippen molar-refractivity contribution in [2.75, 3.05) is 38.3 Å². The maximum absolute atomic E-state index is 12.5. The Bertz CT molecular complexity index is 1040. The highest BCUT2D eigenvalue weighted by molar-refractivity contribution is 6.29. The highest BCUT2D eigenvalue weighted by atomic mass is 35.5. The number of rotatable bonds is 7. The van der Waals surface area contributed by atoms with Crippen LogP contribution in [0.3, 0.4) is 0 Å². The molecule has 0 bridgehead atoms. The van der Waals surface area contributed by atoms with Crippen molar-refractivity contribution in [1.29, 1.82) is 5.26 Å². The van der Waals surface area contributed by atoms with Gasteiger partial charge in [0.2, 0.25) is 11.8 Å². The van der Waals surface area contributed by atoms with Crippen LogP contribution in [-0.2, 0) is 9.53 Å². The van der Waals surface area contributed by atoms with Crippen molar-refractivity contribution in [1.82, 2.24) is 19.9 Å². The number of aromatic nitrogens is 3. The second-order valence-corrected chi connectivity index (χ2v) is 8.42. The van der Waals surface area contributed by atoms with Gasteiger partial charge in [0.25, 0.3) is 0 Å². The molecule has 168 valence electrons. The molecule has 3 heterocycles. The van der Waals surface area contributed by atoms with Crippen LogP contribution >= 0.6 is 11.6 Å². The summed E-state index contributed by atoms with van der Waals surface area (Å²) in [6, 6.07) is 5.51. The van der Waals surface area contributed by atoms with E-state index in [-0.39, 0.29) is 17.1 Å². The van der Waals surface area contributed by atoms with Crippen LogP contribution in [0.25, 0.3) is 0 Å². The number of amides is 1. The summed E-state index contributed by atoms with van der Waals surface area (Å²) in [4.78, 5) is 29.3. The first-order valence-electron chi connectivity index (χ1n) is 10.6. The number of ether oxygens (including phenoxy) is 2. The number of hydrogen-bond donors (Lipinski definition) is 0. The monoisotopic (exact) mass is 456 g/mol. The van der Waals surface area contributed by atoms with E-state index in [4.69, 9.17) is 26.1 Å². The van der Waals surface area contributed by atoms with E-state index >= 15 is 0 Å². The van der Waals surface area contributed by atoms with Crippen molar-refractivity contribution in [3.05, 3.63) is 34.9 Å². The summed E-state index contributed by atoms with van der Waals surface area (Å²) in [6.07, 6.45) is 3.75. The van der Waals surface area contributed by atoms with E-state index in [0.717, 1.165) is 18.5 Å². The number of halogens is 1. The van der Waals surface area contributed by atoms with Crippen molar-refractivity contribution in [2.45, 2.75) is 38.1 Å². The fourth-order valence-electron chi connectivity index (χ4n) is 3.89. The maximum Gasteiger partial charge on any atom is 0.225 e. The summed E-state index contributed by atoms with van der Waals surface area (Å²) < 4.78 is 11.0. The van der Waals surface area contributed by atoms with Gasteiger partial charge in [-0.1, -0.05) is 11.6 Å². The van der Waals surface area contributed by atoms with Crippen LogP contribution in [0.2, 0.25) is 5.15 Å². The minimum atomic E-state index is 0.00455. The summed E-state index contributed by atoms with van der Waals surface area (Å²) in [7, 11) is 1.59. The molecule has 2 fully saturated rings. The predicted octanol–water partition coefficient (Wildman–Crippen LogP) is 3.14. The lowest BCUT2D eigenvalue weighted by Crippen LogP contribution is -2.54. The molecule has 2 aliphatic rings. The average molecular weight is 457 g/mol. The Morgan fingerprint density at radius 1 is 1.31 bits per heavy atom. The molecule has 4 rings (SSSR count). The molecular weight excluding hydrogens is 432 g/mol. The van der Waals surface area contributed by atoms with Crippen molar-refractivity contribution >= 4 is 23.3 Å². The van der Waals surface area contributed by atoms with Crippen molar-refractivity contribution in [2.24, 2.45) is 0 Å². The molecule has 0 radical (unpaired) electrons. The maximum atomic E-state index is 12.5. The van der Waals surface area contributed by atoms with Crippen LogP contribution in [0.15, 0.2) is 18.5 Å². The summed E-state index contributed by atoms with van der Waals surface area (Å²) in [5.41, 5.74) is 1.25. The van der Waals surface area contributed by atoms with Crippen molar-refractivity contribution in [3.8, 4) is 17.7 Å². The fourth-order valence-corrected chi connectivity index (χ4v) is 4.03.